The molecule has 0 spiro atoms. The molecule has 0 atom stereocenters. The Morgan fingerprint density at radius 3 is 2.67 bits per heavy atom. The highest BCUT2D eigenvalue weighted by Gasteiger charge is 1.95. The maximum atomic E-state index is 10.3. The van der Waals surface area contributed by atoms with Crippen molar-refractivity contribution in [2.75, 3.05) is 0 Å². The van der Waals surface area contributed by atoms with Gasteiger partial charge in [0, 0.05) is 10.9 Å². The largest absolute Gasteiger partial charge is 0.412 e. The number of aromatic amines is 1. The van der Waals surface area contributed by atoms with Gasteiger partial charge in [-0.3, -0.25) is 4.79 Å². The third-order valence-electron chi connectivity index (χ3n) is 1.68. The molecule has 1 aromatic heterocycles. The second-order valence-corrected chi connectivity index (χ2v) is 2.43. The summed E-state index contributed by atoms with van der Waals surface area (Å²) < 4.78 is 0. The number of carbonyl (C=O) groups is 1. The second-order valence-electron chi connectivity index (χ2n) is 2.43. The zero-order valence-electron chi connectivity index (χ0n) is 6.37. The third-order valence-corrected chi connectivity index (χ3v) is 1.68. The molecule has 3 nitrogen and oxygen atoms in total. The molecule has 0 unspecified atom stereocenters. The summed E-state index contributed by atoms with van der Waals surface area (Å²) in [6.45, 7) is 0. The van der Waals surface area contributed by atoms with Crippen LogP contribution in [0, 0.1) is 0 Å². The lowest BCUT2D eigenvalue weighted by atomic mass is 10.2. The summed E-state index contributed by atoms with van der Waals surface area (Å²) in [5, 5.41) is 1.08. The van der Waals surface area contributed by atoms with Gasteiger partial charge in [0.2, 0.25) is 0 Å². The molecule has 0 aliphatic rings. The van der Waals surface area contributed by atoms with Crippen molar-refractivity contribution in [2.24, 2.45) is 0 Å². The molecule has 3 heteroatoms. The Hall–Kier alpha value is -1.61. The van der Waals surface area contributed by atoms with Gasteiger partial charge >= 0.3 is 0 Å². The minimum atomic E-state index is 0. The average molecular weight is 163 g/mol. The van der Waals surface area contributed by atoms with Gasteiger partial charge in [-0.05, 0) is 12.1 Å². The fraction of sp³-hybridized carbons (Fsp3) is 0. The molecular weight excluding hydrogens is 154 g/mol. The molecular formula is C9H9NO2. The van der Waals surface area contributed by atoms with Crippen LogP contribution in [0.2, 0.25) is 0 Å². The maximum absolute atomic E-state index is 10.3. The van der Waals surface area contributed by atoms with Gasteiger partial charge in [0.1, 0.15) is 0 Å². The average Bonchev–Trinajstić information content (AvgIpc) is 2.46. The van der Waals surface area contributed by atoms with Crippen LogP contribution < -0.4 is 0 Å². The fourth-order valence-electron chi connectivity index (χ4n) is 1.16. The van der Waals surface area contributed by atoms with Gasteiger partial charge in [0.15, 0.2) is 6.29 Å². The number of H-pyrrole nitrogens is 1. The van der Waals surface area contributed by atoms with E-state index in [1.54, 1.807) is 0 Å². The molecule has 0 radical (unpaired) electrons. The van der Waals surface area contributed by atoms with Gasteiger partial charge in [-0.1, -0.05) is 18.2 Å². The standard InChI is InChI=1S/C9H7NO.H2O/c11-6-8-5-7-3-1-2-4-9(7)10-8;/h1-6,10H;1H2. The third kappa shape index (κ3) is 1.22. The summed E-state index contributed by atoms with van der Waals surface area (Å²) in [5.41, 5.74) is 1.64. The van der Waals surface area contributed by atoms with Gasteiger partial charge in [0.25, 0.3) is 0 Å². The number of carbonyl (C=O) groups excluding carboxylic acids is 1. The van der Waals surface area contributed by atoms with Crippen molar-refractivity contribution in [1.82, 2.24) is 4.98 Å². The molecule has 1 heterocycles. The first kappa shape index (κ1) is 8.49. The summed E-state index contributed by atoms with van der Waals surface area (Å²) in [5.74, 6) is 0. The molecule has 0 saturated heterocycles. The number of nitrogens with one attached hydrogen (secondary N) is 1. The van der Waals surface area contributed by atoms with Crippen LogP contribution in [0.25, 0.3) is 10.9 Å². The number of hydrogen-bond donors (Lipinski definition) is 1. The van der Waals surface area contributed by atoms with E-state index in [9.17, 15) is 4.79 Å². The van der Waals surface area contributed by atoms with Crippen LogP contribution in [0.4, 0.5) is 0 Å². The Morgan fingerprint density at radius 1 is 1.25 bits per heavy atom. The first-order valence-electron chi connectivity index (χ1n) is 3.43. The van der Waals surface area contributed by atoms with E-state index in [0.717, 1.165) is 17.2 Å². The minimum Gasteiger partial charge on any atom is -0.412 e. The highest BCUT2D eigenvalue weighted by molar-refractivity contribution is 5.87. The minimum absolute atomic E-state index is 0. The van der Waals surface area contributed by atoms with E-state index in [4.69, 9.17) is 0 Å². The quantitative estimate of drug-likeness (QED) is 0.630. The number of para-hydroxylation sites is 1. The molecule has 62 valence electrons. The zero-order chi connectivity index (χ0) is 7.68. The highest BCUT2D eigenvalue weighted by atomic mass is 16.1. The number of benzene rings is 1. The van der Waals surface area contributed by atoms with Crippen molar-refractivity contribution in [3.05, 3.63) is 36.0 Å². The first-order chi connectivity index (χ1) is 5.40. The van der Waals surface area contributed by atoms with Gasteiger partial charge in [-0.25, -0.2) is 0 Å². The fourth-order valence-corrected chi connectivity index (χ4v) is 1.16. The molecule has 0 aliphatic heterocycles. The lowest BCUT2D eigenvalue weighted by molar-refractivity contribution is 0.112. The second kappa shape index (κ2) is 3.19. The molecule has 2 rings (SSSR count). The van der Waals surface area contributed by atoms with Crippen LogP contribution in [-0.2, 0) is 0 Å². The Bertz CT molecular complexity index is 359. The van der Waals surface area contributed by atoms with Crippen LogP contribution in [0.5, 0.6) is 0 Å². The summed E-state index contributed by atoms with van der Waals surface area (Å²) in [6.07, 6.45) is 0.819. The molecule has 3 N–H and O–H groups in total. The number of hydrogen-bond acceptors (Lipinski definition) is 1. The number of aldehydes is 1. The van der Waals surface area contributed by atoms with E-state index in [1.165, 1.54) is 0 Å². The summed E-state index contributed by atoms with van der Waals surface area (Å²) >= 11 is 0. The van der Waals surface area contributed by atoms with Gasteiger partial charge in [-0.15, -0.1) is 0 Å². The smallest absolute Gasteiger partial charge is 0.166 e. The van der Waals surface area contributed by atoms with E-state index in [0.29, 0.717) is 5.69 Å². The van der Waals surface area contributed by atoms with Crippen molar-refractivity contribution in [1.29, 1.82) is 0 Å². The zero-order valence-corrected chi connectivity index (χ0v) is 6.37. The van der Waals surface area contributed by atoms with E-state index in [1.807, 2.05) is 30.3 Å². The van der Waals surface area contributed by atoms with Crippen LogP contribution >= 0.6 is 0 Å². The number of fused-ring (bicyclic) bond motifs is 1. The van der Waals surface area contributed by atoms with Crippen molar-refractivity contribution < 1.29 is 10.3 Å². The molecule has 0 bridgehead atoms. The SMILES string of the molecule is O.O=Cc1cc2ccccc2[nH]1. The molecule has 0 saturated carbocycles. The van der Waals surface area contributed by atoms with Gasteiger partial charge in [0.05, 0.1) is 5.69 Å². The maximum Gasteiger partial charge on any atom is 0.166 e. The molecule has 12 heavy (non-hydrogen) atoms. The predicted octanol–water partition coefficient (Wildman–Crippen LogP) is 1.16. The topological polar surface area (TPSA) is 64.4 Å². The van der Waals surface area contributed by atoms with Crippen LogP contribution in [0.1, 0.15) is 10.5 Å². The Morgan fingerprint density at radius 2 is 2.00 bits per heavy atom. The van der Waals surface area contributed by atoms with Crippen molar-refractivity contribution in [3.63, 3.8) is 0 Å². The lowest BCUT2D eigenvalue weighted by Crippen LogP contribution is -1.73. The van der Waals surface area contributed by atoms with Crippen LogP contribution in [0.3, 0.4) is 0 Å². The number of aromatic nitrogens is 1. The first-order valence-corrected chi connectivity index (χ1v) is 3.43. The van der Waals surface area contributed by atoms with E-state index in [2.05, 4.69) is 4.98 Å². The Labute approximate surface area is 69.3 Å². The van der Waals surface area contributed by atoms with Gasteiger partial charge < -0.3 is 10.5 Å². The lowest BCUT2D eigenvalue weighted by Gasteiger charge is -1.83. The molecule has 0 fully saturated rings. The van der Waals surface area contributed by atoms with Crippen LogP contribution in [-0.4, -0.2) is 16.7 Å². The van der Waals surface area contributed by atoms with Gasteiger partial charge in [-0.2, -0.15) is 0 Å². The van der Waals surface area contributed by atoms with Crippen LogP contribution in [0.15, 0.2) is 30.3 Å². The van der Waals surface area contributed by atoms with E-state index < -0.39 is 0 Å². The monoisotopic (exact) mass is 163 g/mol. The van der Waals surface area contributed by atoms with E-state index >= 15 is 0 Å². The normalized spacial score (nSPS) is 9.33. The predicted molar refractivity (Wildman–Crippen MR) is 47.3 cm³/mol. The van der Waals surface area contributed by atoms with E-state index in [-0.39, 0.29) is 5.48 Å². The number of rotatable bonds is 1. The summed E-state index contributed by atoms with van der Waals surface area (Å²) in [6, 6.07) is 9.64. The van der Waals surface area contributed by atoms with Crippen molar-refractivity contribution >= 4 is 17.2 Å². The molecule has 2 aromatic rings. The Balaban J connectivity index is 0.000000720. The molecule has 0 aliphatic carbocycles. The summed E-state index contributed by atoms with van der Waals surface area (Å²) in [7, 11) is 0. The van der Waals surface area contributed by atoms with Crippen molar-refractivity contribution in [3.8, 4) is 0 Å². The highest BCUT2D eigenvalue weighted by Crippen LogP contribution is 2.12. The summed E-state index contributed by atoms with van der Waals surface area (Å²) in [4.78, 5) is 13.3. The van der Waals surface area contributed by atoms with Crippen molar-refractivity contribution in [2.45, 2.75) is 0 Å². The molecule has 1 aromatic carbocycles. The molecule has 0 amide bonds. The Kier molecular flexibility index (Phi) is 2.26.